The monoisotopic (exact) mass is 401 g/mol. The summed E-state index contributed by atoms with van der Waals surface area (Å²) in [6.45, 7) is 2.29. The third-order valence-electron chi connectivity index (χ3n) is 5.18. The van der Waals surface area contributed by atoms with Crippen molar-refractivity contribution in [1.82, 2.24) is 4.90 Å². The van der Waals surface area contributed by atoms with Gasteiger partial charge in [-0.25, -0.2) is 0 Å². The van der Waals surface area contributed by atoms with Gasteiger partial charge in [0.1, 0.15) is 11.5 Å². The molecule has 0 radical (unpaired) electrons. The van der Waals surface area contributed by atoms with Crippen molar-refractivity contribution in [3.8, 4) is 22.6 Å². The molecule has 4 aromatic rings. The number of nitrogens with zero attached hydrogens (tertiary/aromatic N) is 1. The van der Waals surface area contributed by atoms with Gasteiger partial charge in [0, 0.05) is 12.6 Å². The van der Waals surface area contributed by atoms with Crippen LogP contribution in [0.1, 0.15) is 21.9 Å². The highest BCUT2D eigenvalue weighted by Gasteiger charge is 2.18. The van der Waals surface area contributed by atoms with Crippen LogP contribution >= 0.6 is 0 Å². The lowest BCUT2D eigenvalue weighted by Crippen LogP contribution is -2.26. The van der Waals surface area contributed by atoms with E-state index in [1.807, 2.05) is 61.5 Å². The summed E-state index contributed by atoms with van der Waals surface area (Å²) in [6, 6.07) is 20.6. The van der Waals surface area contributed by atoms with E-state index < -0.39 is 0 Å². The van der Waals surface area contributed by atoms with Crippen molar-refractivity contribution >= 4 is 16.7 Å². The first-order chi connectivity index (χ1) is 14.5. The Morgan fingerprint density at radius 1 is 1.03 bits per heavy atom. The quantitative estimate of drug-likeness (QED) is 0.487. The molecule has 4 rings (SSSR count). The van der Waals surface area contributed by atoms with Crippen LogP contribution in [0.25, 0.3) is 21.9 Å². The summed E-state index contributed by atoms with van der Waals surface area (Å²) in [4.78, 5) is 14.8. The van der Waals surface area contributed by atoms with Gasteiger partial charge < -0.3 is 19.2 Å². The van der Waals surface area contributed by atoms with Gasteiger partial charge in [-0.3, -0.25) is 4.79 Å². The molecule has 0 unspecified atom stereocenters. The van der Waals surface area contributed by atoms with Gasteiger partial charge in [0.25, 0.3) is 5.91 Å². The zero-order chi connectivity index (χ0) is 21.3. The van der Waals surface area contributed by atoms with E-state index in [4.69, 9.17) is 9.15 Å². The van der Waals surface area contributed by atoms with Crippen LogP contribution < -0.4 is 4.74 Å². The summed E-state index contributed by atoms with van der Waals surface area (Å²) < 4.78 is 10.9. The van der Waals surface area contributed by atoms with Crippen LogP contribution in [0.15, 0.2) is 71.1 Å². The number of methoxy groups -OCH3 is 1. The van der Waals surface area contributed by atoms with Crippen molar-refractivity contribution in [2.24, 2.45) is 0 Å². The molecular weight excluding hydrogens is 378 g/mol. The number of carbonyl (C=O) groups is 1. The first-order valence-electron chi connectivity index (χ1n) is 9.68. The Balaban J connectivity index is 1.74. The number of amides is 1. The van der Waals surface area contributed by atoms with Gasteiger partial charge in [0.05, 0.1) is 13.7 Å². The number of aromatic hydroxyl groups is 1. The summed E-state index contributed by atoms with van der Waals surface area (Å²) in [6.07, 6.45) is 0. The Kier molecular flexibility index (Phi) is 5.19. The van der Waals surface area contributed by atoms with Crippen molar-refractivity contribution in [2.75, 3.05) is 14.2 Å². The fraction of sp³-hybridized carbons (Fsp3) is 0.160. The average Bonchev–Trinajstić information content (AvgIpc) is 3.17. The second-order valence-electron chi connectivity index (χ2n) is 7.27. The van der Waals surface area contributed by atoms with Crippen LogP contribution in [0.2, 0.25) is 0 Å². The normalized spacial score (nSPS) is 10.9. The average molecular weight is 401 g/mol. The summed E-state index contributed by atoms with van der Waals surface area (Å²) in [5.74, 6) is 2.00. The third kappa shape index (κ3) is 3.62. The van der Waals surface area contributed by atoms with E-state index in [1.165, 1.54) is 7.11 Å². The van der Waals surface area contributed by atoms with E-state index in [2.05, 4.69) is 0 Å². The highest BCUT2D eigenvalue weighted by atomic mass is 16.5. The van der Waals surface area contributed by atoms with Crippen molar-refractivity contribution in [3.63, 3.8) is 0 Å². The molecule has 1 aromatic heterocycles. The van der Waals surface area contributed by atoms with E-state index in [0.29, 0.717) is 17.9 Å². The topological polar surface area (TPSA) is 62.9 Å². The molecule has 0 fully saturated rings. The minimum Gasteiger partial charge on any atom is -0.504 e. The molecule has 0 aliphatic heterocycles. The van der Waals surface area contributed by atoms with Gasteiger partial charge in [0.15, 0.2) is 11.5 Å². The van der Waals surface area contributed by atoms with Crippen molar-refractivity contribution in [2.45, 2.75) is 13.5 Å². The summed E-state index contributed by atoms with van der Waals surface area (Å²) in [5, 5.41) is 11.7. The maximum absolute atomic E-state index is 13.2. The number of phenolic OH excluding ortho intramolecular Hbond substituents is 1. The molecule has 0 saturated carbocycles. The fourth-order valence-corrected chi connectivity index (χ4v) is 3.66. The van der Waals surface area contributed by atoms with Crippen LogP contribution in [0.3, 0.4) is 0 Å². The predicted molar refractivity (Wildman–Crippen MR) is 117 cm³/mol. The Labute approximate surface area is 175 Å². The van der Waals surface area contributed by atoms with E-state index in [-0.39, 0.29) is 11.7 Å². The van der Waals surface area contributed by atoms with Crippen molar-refractivity contribution in [1.29, 1.82) is 0 Å². The number of fused-ring (bicyclic) bond motifs is 1. The predicted octanol–water partition coefficient (Wildman–Crippen LogP) is 5.39. The Bertz CT molecular complexity index is 1230. The molecular formula is C25H23NO4. The number of hydrogen-bond donors (Lipinski definition) is 1. The van der Waals surface area contributed by atoms with E-state index >= 15 is 0 Å². The van der Waals surface area contributed by atoms with E-state index in [0.717, 1.165) is 33.4 Å². The summed E-state index contributed by atoms with van der Waals surface area (Å²) >= 11 is 0. The molecule has 0 aliphatic rings. The first-order valence-corrected chi connectivity index (χ1v) is 9.68. The summed E-state index contributed by atoms with van der Waals surface area (Å²) in [5.41, 5.74) is 2.50. The second-order valence-corrected chi connectivity index (χ2v) is 7.27. The van der Waals surface area contributed by atoms with E-state index in [9.17, 15) is 9.90 Å². The molecule has 152 valence electrons. The molecule has 0 atom stereocenters. The van der Waals surface area contributed by atoms with Crippen molar-refractivity contribution < 1.29 is 19.1 Å². The standard InChI is InChI=1S/C25H23NO4/c1-16-8-10-18(30-16)15-26(2)25(28)22-12-11-19(20-6-4-5-7-21(20)22)17-9-13-23(27)24(14-17)29-3/h4-14,27H,15H2,1-3H3. The fourth-order valence-electron chi connectivity index (χ4n) is 3.66. The largest absolute Gasteiger partial charge is 0.504 e. The van der Waals surface area contributed by atoms with Crippen LogP contribution in [0, 0.1) is 6.92 Å². The SMILES string of the molecule is COc1cc(-c2ccc(C(=O)N(C)Cc3ccc(C)o3)c3ccccc23)ccc1O. The van der Waals surface area contributed by atoms with Gasteiger partial charge in [-0.15, -0.1) is 0 Å². The zero-order valence-corrected chi connectivity index (χ0v) is 17.2. The number of rotatable bonds is 5. The van der Waals surface area contributed by atoms with Gasteiger partial charge in [-0.05, 0) is 59.2 Å². The van der Waals surface area contributed by atoms with Gasteiger partial charge in [-0.1, -0.05) is 36.4 Å². The lowest BCUT2D eigenvalue weighted by Gasteiger charge is -2.18. The van der Waals surface area contributed by atoms with Crippen LogP contribution in [-0.2, 0) is 6.54 Å². The van der Waals surface area contributed by atoms with Crippen LogP contribution in [-0.4, -0.2) is 30.1 Å². The molecule has 5 heteroatoms. The number of phenols is 1. The smallest absolute Gasteiger partial charge is 0.254 e. The van der Waals surface area contributed by atoms with Crippen molar-refractivity contribution in [3.05, 3.63) is 83.8 Å². The third-order valence-corrected chi connectivity index (χ3v) is 5.18. The number of hydrogen-bond acceptors (Lipinski definition) is 4. The molecule has 5 nitrogen and oxygen atoms in total. The summed E-state index contributed by atoms with van der Waals surface area (Å²) in [7, 11) is 3.29. The molecule has 0 bridgehead atoms. The Morgan fingerprint density at radius 2 is 1.80 bits per heavy atom. The molecule has 3 aromatic carbocycles. The zero-order valence-electron chi connectivity index (χ0n) is 17.2. The lowest BCUT2D eigenvalue weighted by molar-refractivity contribution is 0.0777. The van der Waals surface area contributed by atoms with Gasteiger partial charge >= 0.3 is 0 Å². The number of furan rings is 1. The molecule has 0 spiro atoms. The Hall–Kier alpha value is -3.73. The number of benzene rings is 3. The first kappa shape index (κ1) is 19.6. The Morgan fingerprint density at radius 3 is 2.50 bits per heavy atom. The number of aryl methyl sites for hydroxylation is 1. The molecule has 0 aliphatic carbocycles. The highest BCUT2D eigenvalue weighted by molar-refractivity contribution is 6.10. The van der Waals surface area contributed by atoms with Gasteiger partial charge in [0.2, 0.25) is 0 Å². The van der Waals surface area contributed by atoms with Crippen LogP contribution in [0.4, 0.5) is 0 Å². The maximum atomic E-state index is 13.2. The molecule has 1 amide bonds. The molecule has 30 heavy (non-hydrogen) atoms. The highest BCUT2D eigenvalue weighted by Crippen LogP contribution is 2.36. The van der Waals surface area contributed by atoms with E-state index in [1.54, 1.807) is 24.1 Å². The second kappa shape index (κ2) is 7.95. The lowest BCUT2D eigenvalue weighted by atomic mass is 9.94. The molecule has 0 saturated heterocycles. The number of ether oxygens (including phenoxy) is 1. The van der Waals surface area contributed by atoms with Gasteiger partial charge in [-0.2, -0.15) is 0 Å². The maximum Gasteiger partial charge on any atom is 0.254 e. The van der Waals surface area contributed by atoms with Crippen LogP contribution in [0.5, 0.6) is 11.5 Å². The minimum atomic E-state index is -0.0740. The molecule has 1 heterocycles. The minimum absolute atomic E-state index is 0.0740. The molecule has 1 N–H and O–H groups in total. The number of carbonyl (C=O) groups excluding carboxylic acids is 1.